The second-order valence-corrected chi connectivity index (χ2v) is 8.73. The molecule has 3 rings (SSSR count). The SMILES string of the molecule is Cc1cc2c(cc1C)N(C(=O)O)[C@H](C)C[C@@H]2NC(=O)OCCc1cc(C(F)(F)F)cc(C(F)(F)F)c1. The van der Waals surface area contributed by atoms with E-state index in [-0.39, 0.29) is 24.5 Å². The first-order valence-corrected chi connectivity index (χ1v) is 10.9. The fourth-order valence-corrected chi connectivity index (χ4v) is 4.16. The van der Waals surface area contributed by atoms with Gasteiger partial charge in [0.2, 0.25) is 0 Å². The highest BCUT2D eigenvalue weighted by Crippen LogP contribution is 2.39. The minimum atomic E-state index is -4.97. The second-order valence-electron chi connectivity index (χ2n) is 8.73. The van der Waals surface area contributed by atoms with Gasteiger partial charge < -0.3 is 15.2 Å². The quantitative estimate of drug-likeness (QED) is 0.446. The third-order valence-corrected chi connectivity index (χ3v) is 6.07. The van der Waals surface area contributed by atoms with E-state index in [0.717, 1.165) is 11.1 Å². The van der Waals surface area contributed by atoms with Crippen molar-refractivity contribution in [2.75, 3.05) is 11.5 Å². The molecule has 0 unspecified atom stereocenters. The van der Waals surface area contributed by atoms with Crippen LogP contribution in [0.15, 0.2) is 30.3 Å². The Morgan fingerprint density at radius 1 is 1.00 bits per heavy atom. The number of alkyl carbamates (subject to hydrolysis) is 1. The van der Waals surface area contributed by atoms with Crippen molar-refractivity contribution in [1.82, 2.24) is 5.32 Å². The van der Waals surface area contributed by atoms with E-state index in [2.05, 4.69) is 5.32 Å². The number of alkyl halides is 6. The van der Waals surface area contributed by atoms with Crippen molar-refractivity contribution in [2.45, 2.75) is 58.0 Å². The normalized spacial score (nSPS) is 18.0. The molecule has 0 fully saturated rings. The molecule has 196 valence electrons. The summed E-state index contributed by atoms with van der Waals surface area (Å²) in [6.07, 6.45) is -12.2. The number of hydrogen-bond acceptors (Lipinski definition) is 3. The second kappa shape index (κ2) is 9.90. The maximum Gasteiger partial charge on any atom is 0.416 e. The molecule has 2 N–H and O–H groups in total. The summed E-state index contributed by atoms with van der Waals surface area (Å²) in [6, 6.07) is 3.58. The molecule has 1 aliphatic rings. The van der Waals surface area contributed by atoms with E-state index in [1.54, 1.807) is 19.1 Å². The number of amides is 2. The summed E-state index contributed by atoms with van der Waals surface area (Å²) in [4.78, 5) is 25.4. The van der Waals surface area contributed by atoms with Crippen molar-refractivity contribution < 1.29 is 45.8 Å². The first-order chi connectivity index (χ1) is 16.6. The number of nitrogens with one attached hydrogen (secondary N) is 1. The summed E-state index contributed by atoms with van der Waals surface area (Å²) >= 11 is 0. The largest absolute Gasteiger partial charge is 0.465 e. The number of carboxylic acid groups (broad SMARTS) is 1. The smallest absolute Gasteiger partial charge is 0.416 e. The Labute approximate surface area is 202 Å². The first-order valence-electron chi connectivity index (χ1n) is 10.9. The Balaban J connectivity index is 1.72. The third-order valence-electron chi connectivity index (χ3n) is 6.07. The zero-order valence-corrected chi connectivity index (χ0v) is 19.5. The molecular weight excluding hydrogens is 494 g/mol. The highest BCUT2D eigenvalue weighted by molar-refractivity contribution is 5.89. The van der Waals surface area contributed by atoms with Gasteiger partial charge in [0.25, 0.3) is 0 Å². The van der Waals surface area contributed by atoms with Gasteiger partial charge in [0.15, 0.2) is 0 Å². The van der Waals surface area contributed by atoms with Gasteiger partial charge in [0.05, 0.1) is 29.5 Å². The molecule has 2 aromatic rings. The summed E-state index contributed by atoms with van der Waals surface area (Å²) < 4.78 is 83.2. The van der Waals surface area contributed by atoms with Crippen LogP contribution in [0.3, 0.4) is 0 Å². The zero-order chi connectivity index (χ0) is 27.0. The van der Waals surface area contributed by atoms with Crippen LogP contribution in [0, 0.1) is 13.8 Å². The molecule has 0 spiro atoms. The van der Waals surface area contributed by atoms with Gasteiger partial charge in [-0.1, -0.05) is 6.07 Å². The molecule has 2 amide bonds. The lowest BCUT2D eigenvalue weighted by molar-refractivity contribution is -0.143. The molecule has 36 heavy (non-hydrogen) atoms. The minimum absolute atomic E-state index is 0.0306. The van der Waals surface area contributed by atoms with Gasteiger partial charge >= 0.3 is 24.5 Å². The lowest BCUT2D eigenvalue weighted by atomic mass is 9.89. The molecule has 12 heteroatoms. The Hall–Kier alpha value is -3.44. The number of hydrogen-bond donors (Lipinski definition) is 2. The number of benzene rings is 2. The molecule has 0 aromatic heterocycles. The number of carbonyl (C=O) groups excluding carboxylic acids is 1. The monoisotopic (exact) mass is 518 g/mol. The van der Waals surface area contributed by atoms with Gasteiger partial charge in [-0.2, -0.15) is 26.3 Å². The van der Waals surface area contributed by atoms with E-state index < -0.39 is 54.4 Å². The van der Waals surface area contributed by atoms with Crippen LogP contribution < -0.4 is 10.2 Å². The van der Waals surface area contributed by atoms with Crippen molar-refractivity contribution in [1.29, 1.82) is 0 Å². The number of halogens is 6. The van der Waals surface area contributed by atoms with Crippen LogP contribution in [0.5, 0.6) is 0 Å². The predicted octanol–water partition coefficient (Wildman–Crippen LogP) is 6.63. The first kappa shape index (κ1) is 27.2. The van der Waals surface area contributed by atoms with E-state index >= 15 is 0 Å². The van der Waals surface area contributed by atoms with Crippen molar-refractivity contribution in [2.24, 2.45) is 0 Å². The summed E-state index contributed by atoms with van der Waals surface area (Å²) in [7, 11) is 0. The molecule has 6 nitrogen and oxygen atoms in total. The number of fused-ring (bicyclic) bond motifs is 1. The van der Waals surface area contributed by atoms with Crippen LogP contribution in [0.25, 0.3) is 0 Å². The molecule has 0 bridgehead atoms. The molecule has 1 heterocycles. The Bertz CT molecular complexity index is 1130. The highest BCUT2D eigenvalue weighted by atomic mass is 19.4. The van der Waals surface area contributed by atoms with Crippen molar-refractivity contribution in [3.63, 3.8) is 0 Å². The lowest BCUT2D eigenvalue weighted by Gasteiger charge is -2.38. The van der Waals surface area contributed by atoms with E-state index in [1.807, 2.05) is 13.8 Å². The van der Waals surface area contributed by atoms with Gasteiger partial charge in [-0.25, -0.2) is 9.59 Å². The predicted molar refractivity (Wildman–Crippen MR) is 118 cm³/mol. The van der Waals surface area contributed by atoms with E-state index in [4.69, 9.17) is 4.74 Å². The molecule has 0 saturated heterocycles. The number of ether oxygens (including phenoxy) is 1. The van der Waals surface area contributed by atoms with E-state index in [1.165, 1.54) is 4.90 Å². The minimum Gasteiger partial charge on any atom is -0.465 e. The maximum absolute atomic E-state index is 13.0. The topological polar surface area (TPSA) is 78.9 Å². The van der Waals surface area contributed by atoms with Crippen molar-refractivity contribution >= 4 is 17.9 Å². The number of anilines is 1. The molecular formula is C24H24F6N2O4. The van der Waals surface area contributed by atoms with Crippen LogP contribution in [-0.2, 0) is 23.5 Å². The van der Waals surface area contributed by atoms with Gasteiger partial charge in [-0.05, 0) is 73.7 Å². The molecule has 2 atom stereocenters. The zero-order valence-electron chi connectivity index (χ0n) is 19.5. The number of rotatable bonds is 4. The van der Waals surface area contributed by atoms with Crippen LogP contribution in [0.4, 0.5) is 41.6 Å². The lowest BCUT2D eigenvalue weighted by Crippen LogP contribution is -2.46. The van der Waals surface area contributed by atoms with Crippen LogP contribution >= 0.6 is 0 Å². The van der Waals surface area contributed by atoms with Crippen LogP contribution in [0.1, 0.15) is 52.8 Å². The average Bonchev–Trinajstić information content (AvgIpc) is 2.73. The molecule has 0 aliphatic carbocycles. The van der Waals surface area contributed by atoms with E-state index in [0.29, 0.717) is 23.4 Å². The highest BCUT2D eigenvalue weighted by Gasteiger charge is 2.37. The van der Waals surface area contributed by atoms with Crippen LogP contribution in [-0.4, -0.2) is 29.9 Å². The molecule has 2 aromatic carbocycles. The molecule has 0 radical (unpaired) electrons. The number of nitrogens with zero attached hydrogens (tertiary/aromatic N) is 1. The fourth-order valence-electron chi connectivity index (χ4n) is 4.16. The summed E-state index contributed by atoms with van der Waals surface area (Å²) in [6.45, 7) is 4.87. The van der Waals surface area contributed by atoms with Gasteiger partial charge in [0.1, 0.15) is 0 Å². The summed E-state index contributed by atoms with van der Waals surface area (Å²) in [5, 5.41) is 12.2. The fraction of sp³-hybridized carbons (Fsp3) is 0.417. The van der Waals surface area contributed by atoms with Gasteiger partial charge in [-0.15, -0.1) is 0 Å². The third kappa shape index (κ3) is 6.03. The number of carbonyl (C=O) groups is 2. The number of aryl methyl sites for hydroxylation is 2. The average molecular weight is 518 g/mol. The van der Waals surface area contributed by atoms with E-state index in [9.17, 15) is 41.0 Å². The maximum atomic E-state index is 13.0. The summed E-state index contributed by atoms with van der Waals surface area (Å²) in [5.74, 6) is 0. The molecule has 1 aliphatic heterocycles. The molecule has 0 saturated carbocycles. The Morgan fingerprint density at radius 3 is 2.08 bits per heavy atom. The van der Waals surface area contributed by atoms with Gasteiger partial charge in [-0.3, -0.25) is 4.90 Å². The van der Waals surface area contributed by atoms with Crippen LogP contribution in [0.2, 0.25) is 0 Å². The van der Waals surface area contributed by atoms with Gasteiger partial charge in [0, 0.05) is 12.5 Å². The van der Waals surface area contributed by atoms with Crippen molar-refractivity contribution in [3.8, 4) is 0 Å². The summed E-state index contributed by atoms with van der Waals surface area (Å²) in [5.41, 5.74) is -0.476. The van der Waals surface area contributed by atoms with Crippen molar-refractivity contribution in [3.05, 3.63) is 63.7 Å². The Morgan fingerprint density at radius 2 is 1.56 bits per heavy atom. The Kier molecular flexibility index (Phi) is 7.47. The standard InChI is InChI=1S/C24H24F6N2O4/c1-12-6-18-19(8-14(3)32(22(34)35)20(18)7-13(12)2)31-21(33)36-5-4-15-9-16(23(25,26)27)11-17(10-15)24(28,29)30/h6-7,9-11,14,19H,4-5,8H2,1-3H3,(H,31,33)(H,34,35)/t14-,19+/m1/s1.